The summed E-state index contributed by atoms with van der Waals surface area (Å²) in [6.07, 6.45) is 1.83. The van der Waals surface area contributed by atoms with Crippen LogP contribution in [-0.2, 0) is 0 Å². The number of likely N-dealkylation sites (tertiary alicyclic amines) is 1. The van der Waals surface area contributed by atoms with Crippen molar-refractivity contribution in [1.29, 1.82) is 0 Å². The summed E-state index contributed by atoms with van der Waals surface area (Å²) in [4.78, 5) is 28.2. The Morgan fingerprint density at radius 1 is 1.00 bits per heavy atom. The first kappa shape index (κ1) is 19.5. The van der Waals surface area contributed by atoms with Crippen LogP contribution < -0.4 is 0 Å². The number of fused-ring (bicyclic) bond motifs is 2. The van der Waals surface area contributed by atoms with Crippen LogP contribution in [0.25, 0.3) is 11.0 Å². The van der Waals surface area contributed by atoms with Gasteiger partial charge < -0.3 is 4.52 Å². The molecule has 2 aliphatic rings. The van der Waals surface area contributed by atoms with Crippen LogP contribution in [0.3, 0.4) is 0 Å². The van der Waals surface area contributed by atoms with Crippen LogP contribution >= 0.6 is 0 Å². The van der Waals surface area contributed by atoms with Crippen LogP contribution in [0.5, 0.6) is 0 Å². The third-order valence-corrected chi connectivity index (χ3v) is 5.98. The summed E-state index contributed by atoms with van der Waals surface area (Å²) >= 11 is 0. The minimum atomic E-state index is -0.329. The zero-order chi connectivity index (χ0) is 21.4. The quantitative estimate of drug-likeness (QED) is 0.482. The van der Waals surface area contributed by atoms with Gasteiger partial charge >= 0.3 is 0 Å². The molecule has 0 radical (unpaired) electrons. The fourth-order valence-corrected chi connectivity index (χ4v) is 4.28. The van der Waals surface area contributed by atoms with E-state index in [4.69, 9.17) is 4.52 Å². The van der Waals surface area contributed by atoms with Gasteiger partial charge in [-0.25, -0.2) is 4.39 Å². The summed E-state index contributed by atoms with van der Waals surface area (Å²) < 4.78 is 18.6. The first-order valence-corrected chi connectivity index (χ1v) is 10.3. The van der Waals surface area contributed by atoms with Crippen LogP contribution in [0.4, 0.5) is 4.39 Å². The second-order valence-electron chi connectivity index (χ2n) is 7.85. The van der Waals surface area contributed by atoms with Crippen molar-refractivity contribution in [3.8, 4) is 11.8 Å². The van der Waals surface area contributed by atoms with Crippen LogP contribution in [0, 0.1) is 17.7 Å². The van der Waals surface area contributed by atoms with Gasteiger partial charge in [-0.1, -0.05) is 29.1 Å². The number of imide groups is 1. The molecule has 0 aliphatic carbocycles. The van der Waals surface area contributed by atoms with Gasteiger partial charge in [0, 0.05) is 17.4 Å². The third kappa shape index (κ3) is 3.60. The maximum atomic E-state index is 13.4. The zero-order valence-electron chi connectivity index (χ0n) is 16.8. The van der Waals surface area contributed by atoms with Gasteiger partial charge in [0.05, 0.1) is 29.9 Å². The lowest BCUT2D eigenvalue weighted by molar-refractivity contribution is 0.0675. The Hall–Kier alpha value is -3.50. The van der Waals surface area contributed by atoms with E-state index in [1.165, 1.54) is 17.0 Å². The number of hydrogen-bond acceptors (Lipinski definition) is 5. The van der Waals surface area contributed by atoms with E-state index in [2.05, 4.69) is 21.9 Å². The van der Waals surface area contributed by atoms with E-state index in [0.717, 1.165) is 37.0 Å². The van der Waals surface area contributed by atoms with Crippen LogP contribution in [0.15, 0.2) is 47.0 Å². The van der Waals surface area contributed by atoms with Gasteiger partial charge in [-0.05, 0) is 50.2 Å². The maximum Gasteiger partial charge on any atom is 0.262 e. The van der Waals surface area contributed by atoms with Crippen molar-refractivity contribution in [2.45, 2.75) is 18.8 Å². The molecule has 1 fully saturated rings. The van der Waals surface area contributed by atoms with Gasteiger partial charge in [-0.2, -0.15) is 0 Å². The molecule has 0 unspecified atom stereocenters. The average molecular weight is 417 g/mol. The van der Waals surface area contributed by atoms with Gasteiger partial charge in [0.1, 0.15) is 5.82 Å². The highest BCUT2D eigenvalue weighted by molar-refractivity contribution is 6.21. The number of carbonyl (C=O) groups excluding carboxylic acids is 2. The molecule has 5 rings (SSSR count). The highest BCUT2D eigenvalue weighted by Gasteiger charge is 2.34. The number of halogens is 1. The highest BCUT2D eigenvalue weighted by Crippen LogP contribution is 2.32. The van der Waals surface area contributed by atoms with Gasteiger partial charge in [-0.15, -0.1) is 0 Å². The fraction of sp³-hybridized carbons (Fsp3) is 0.292. The van der Waals surface area contributed by atoms with Gasteiger partial charge in [0.15, 0.2) is 5.58 Å². The molecule has 0 atom stereocenters. The van der Waals surface area contributed by atoms with Crippen molar-refractivity contribution >= 4 is 22.8 Å². The van der Waals surface area contributed by atoms with Gasteiger partial charge in [-0.3, -0.25) is 19.4 Å². The van der Waals surface area contributed by atoms with Crippen molar-refractivity contribution < 1.29 is 18.5 Å². The predicted octanol–water partition coefficient (Wildman–Crippen LogP) is 3.45. The van der Waals surface area contributed by atoms with Crippen molar-refractivity contribution in [2.75, 3.05) is 26.2 Å². The minimum absolute atomic E-state index is 0.101. The summed E-state index contributed by atoms with van der Waals surface area (Å²) in [5, 5.41) is 5.05. The molecule has 1 aromatic heterocycles. The number of piperidine rings is 1. The molecule has 0 spiro atoms. The smallest absolute Gasteiger partial charge is 0.262 e. The Morgan fingerprint density at radius 3 is 2.39 bits per heavy atom. The van der Waals surface area contributed by atoms with Crippen LogP contribution in [-0.4, -0.2) is 52.9 Å². The summed E-state index contributed by atoms with van der Waals surface area (Å²) in [6.45, 7) is 2.41. The lowest BCUT2D eigenvalue weighted by Gasteiger charge is -2.29. The van der Waals surface area contributed by atoms with E-state index >= 15 is 0 Å². The van der Waals surface area contributed by atoms with Crippen molar-refractivity contribution in [2.24, 2.45) is 0 Å². The molecule has 156 valence electrons. The van der Waals surface area contributed by atoms with Crippen LogP contribution in [0.2, 0.25) is 0 Å². The lowest BCUT2D eigenvalue weighted by atomic mass is 9.91. The molecule has 7 heteroatoms. The Labute approximate surface area is 178 Å². The highest BCUT2D eigenvalue weighted by atomic mass is 19.1. The topological polar surface area (TPSA) is 66.7 Å². The summed E-state index contributed by atoms with van der Waals surface area (Å²) in [5.74, 6) is 5.44. The molecule has 1 saturated heterocycles. The maximum absolute atomic E-state index is 13.4. The van der Waals surface area contributed by atoms with Crippen LogP contribution in [0.1, 0.15) is 45.2 Å². The lowest BCUT2D eigenvalue weighted by Crippen LogP contribution is -2.33. The number of rotatable bonds is 3. The second-order valence-corrected chi connectivity index (χ2v) is 7.85. The average Bonchev–Trinajstić information content (AvgIpc) is 3.31. The minimum Gasteiger partial charge on any atom is -0.356 e. The van der Waals surface area contributed by atoms with Gasteiger partial charge in [0.2, 0.25) is 0 Å². The van der Waals surface area contributed by atoms with Crippen molar-refractivity contribution in [1.82, 2.24) is 15.0 Å². The largest absolute Gasteiger partial charge is 0.356 e. The van der Waals surface area contributed by atoms with E-state index in [1.54, 1.807) is 30.3 Å². The number of aromatic nitrogens is 1. The normalized spacial score (nSPS) is 17.1. The molecule has 2 aromatic carbocycles. The molecule has 3 heterocycles. The Bertz CT molecular complexity index is 1200. The monoisotopic (exact) mass is 417 g/mol. The molecule has 2 aliphatic heterocycles. The molecule has 0 saturated carbocycles. The Kier molecular flexibility index (Phi) is 5.00. The summed E-state index contributed by atoms with van der Waals surface area (Å²) in [5.41, 5.74) is 2.27. The first-order valence-electron chi connectivity index (χ1n) is 10.3. The second kappa shape index (κ2) is 7.97. The first-order chi connectivity index (χ1) is 15.1. The fourth-order valence-electron chi connectivity index (χ4n) is 4.28. The number of amides is 2. The molecule has 31 heavy (non-hydrogen) atoms. The Morgan fingerprint density at radius 2 is 1.68 bits per heavy atom. The molecule has 2 amide bonds. The standard InChI is InChI=1S/C24H20FN3O3/c25-17-7-8-20-21(15-17)31-26-22(20)16-9-13-27(14-10-16)11-3-4-12-28-23(29)18-5-1-2-6-19(18)24(28)30/h1-2,5-8,15-16H,9-14H2. The molecular weight excluding hydrogens is 397 g/mol. The SMILES string of the molecule is O=C1c2ccccc2C(=O)N1CC#CCN1CCC(c2noc3cc(F)ccc23)CC1. The summed E-state index contributed by atoms with van der Waals surface area (Å²) in [7, 11) is 0. The van der Waals surface area contributed by atoms with Crippen molar-refractivity contribution in [3.05, 3.63) is 65.1 Å². The molecule has 3 aromatic rings. The van der Waals surface area contributed by atoms with Crippen molar-refractivity contribution in [3.63, 3.8) is 0 Å². The van der Waals surface area contributed by atoms with E-state index < -0.39 is 0 Å². The van der Waals surface area contributed by atoms with Gasteiger partial charge in [0.25, 0.3) is 11.8 Å². The number of hydrogen-bond donors (Lipinski definition) is 0. The predicted molar refractivity (Wildman–Crippen MR) is 112 cm³/mol. The third-order valence-electron chi connectivity index (χ3n) is 5.98. The zero-order valence-corrected chi connectivity index (χ0v) is 16.8. The number of benzene rings is 2. The number of carbonyl (C=O) groups is 2. The van der Waals surface area contributed by atoms with E-state index in [0.29, 0.717) is 23.3 Å². The molecule has 0 N–H and O–H groups in total. The molecule has 0 bridgehead atoms. The molecular formula is C24H20FN3O3. The van der Waals surface area contributed by atoms with E-state index in [9.17, 15) is 14.0 Å². The summed E-state index contributed by atoms with van der Waals surface area (Å²) in [6, 6.07) is 11.4. The number of nitrogens with zero attached hydrogens (tertiary/aromatic N) is 3. The van der Waals surface area contributed by atoms with E-state index in [-0.39, 0.29) is 30.1 Å². The Balaban J connectivity index is 1.15. The molecule has 6 nitrogen and oxygen atoms in total. The van der Waals surface area contributed by atoms with E-state index in [1.807, 2.05) is 0 Å².